The zero-order valence-electron chi connectivity index (χ0n) is 16.9. The molecule has 1 atom stereocenters. The summed E-state index contributed by atoms with van der Waals surface area (Å²) in [6.45, 7) is 4.96. The summed E-state index contributed by atoms with van der Waals surface area (Å²) >= 11 is 0. The van der Waals surface area contributed by atoms with Gasteiger partial charge in [-0.25, -0.2) is 0 Å². The monoisotopic (exact) mass is 374 g/mol. The van der Waals surface area contributed by atoms with Gasteiger partial charge in [0, 0.05) is 26.7 Å². The molecule has 0 spiro atoms. The quantitative estimate of drug-likeness (QED) is 0.736. The van der Waals surface area contributed by atoms with Gasteiger partial charge in [-0.2, -0.15) is 0 Å². The van der Waals surface area contributed by atoms with Crippen LogP contribution in [0.1, 0.15) is 37.7 Å². The lowest BCUT2D eigenvalue weighted by atomic mass is 9.95. The van der Waals surface area contributed by atoms with Crippen molar-refractivity contribution in [1.82, 2.24) is 9.80 Å². The van der Waals surface area contributed by atoms with E-state index in [1.54, 1.807) is 7.11 Å². The van der Waals surface area contributed by atoms with E-state index in [4.69, 9.17) is 9.47 Å². The van der Waals surface area contributed by atoms with Crippen LogP contribution >= 0.6 is 0 Å². The number of nitrogens with zero attached hydrogens (tertiary/aromatic N) is 2. The number of carbonyl (C=O) groups excluding carboxylic acids is 1. The number of hydrogen-bond acceptors (Lipinski definition) is 4. The summed E-state index contributed by atoms with van der Waals surface area (Å²) in [6.07, 6.45) is 6.30. The average molecular weight is 375 g/mol. The Labute approximate surface area is 163 Å². The maximum Gasteiger partial charge on any atom is 0.251 e. The zero-order chi connectivity index (χ0) is 19.1. The third-order valence-corrected chi connectivity index (χ3v) is 5.95. The lowest BCUT2D eigenvalue weighted by Gasteiger charge is -2.35. The highest BCUT2D eigenvalue weighted by Crippen LogP contribution is 2.21. The predicted molar refractivity (Wildman–Crippen MR) is 107 cm³/mol. The third-order valence-electron chi connectivity index (χ3n) is 5.95. The van der Waals surface area contributed by atoms with Crippen molar-refractivity contribution in [2.75, 3.05) is 46.9 Å². The fraction of sp³-hybridized carbons (Fsp3) is 0.682. The molecule has 2 saturated heterocycles. The lowest BCUT2D eigenvalue weighted by Crippen LogP contribution is -2.44. The molecule has 150 valence electrons. The molecule has 0 bridgehead atoms. The van der Waals surface area contributed by atoms with Crippen molar-refractivity contribution in [3.05, 3.63) is 29.8 Å². The van der Waals surface area contributed by atoms with Crippen LogP contribution in [0.15, 0.2) is 24.3 Å². The van der Waals surface area contributed by atoms with Gasteiger partial charge in [-0.05, 0) is 75.2 Å². The fourth-order valence-corrected chi connectivity index (χ4v) is 4.13. The van der Waals surface area contributed by atoms with Crippen LogP contribution in [-0.4, -0.2) is 68.8 Å². The summed E-state index contributed by atoms with van der Waals surface area (Å²) in [7, 11) is 3.64. The second kappa shape index (κ2) is 10.1. The Kier molecular flexibility index (Phi) is 7.53. The number of benzene rings is 1. The van der Waals surface area contributed by atoms with Gasteiger partial charge in [0.25, 0.3) is 5.91 Å². The van der Waals surface area contributed by atoms with Crippen LogP contribution in [0.4, 0.5) is 0 Å². The molecule has 1 aromatic rings. The first-order chi connectivity index (χ1) is 13.2. The van der Waals surface area contributed by atoms with Gasteiger partial charge in [-0.15, -0.1) is 0 Å². The number of methoxy groups -OCH3 is 1. The van der Waals surface area contributed by atoms with Crippen LogP contribution in [0, 0.1) is 5.92 Å². The molecule has 0 saturated carbocycles. The SMILES string of the molecule is COc1ccc(CCN2CCC(CN(C)C(=O)[C@@H]3CCCCO3)CC2)cc1. The third kappa shape index (κ3) is 5.94. The highest BCUT2D eigenvalue weighted by Gasteiger charge is 2.27. The Morgan fingerprint density at radius 2 is 1.93 bits per heavy atom. The molecule has 27 heavy (non-hydrogen) atoms. The molecule has 5 heteroatoms. The molecule has 2 heterocycles. The number of amides is 1. The average Bonchev–Trinajstić information content (AvgIpc) is 2.73. The Morgan fingerprint density at radius 3 is 2.56 bits per heavy atom. The van der Waals surface area contributed by atoms with Gasteiger partial charge in [-0.3, -0.25) is 4.79 Å². The first kappa shape index (κ1) is 20.2. The minimum atomic E-state index is -0.201. The minimum Gasteiger partial charge on any atom is -0.497 e. The predicted octanol–water partition coefficient (Wildman–Crippen LogP) is 2.98. The Bertz CT molecular complexity index is 576. The Morgan fingerprint density at radius 1 is 1.19 bits per heavy atom. The molecular formula is C22H34N2O3. The van der Waals surface area contributed by atoms with E-state index in [1.165, 1.54) is 18.4 Å². The molecule has 0 aromatic heterocycles. The molecule has 2 fully saturated rings. The van der Waals surface area contributed by atoms with E-state index in [0.717, 1.165) is 64.2 Å². The second-order valence-corrected chi connectivity index (χ2v) is 7.96. The molecule has 0 aliphatic carbocycles. The first-order valence-corrected chi connectivity index (χ1v) is 10.4. The molecule has 2 aliphatic rings. The summed E-state index contributed by atoms with van der Waals surface area (Å²) in [5.41, 5.74) is 1.36. The molecule has 0 unspecified atom stereocenters. The molecular weight excluding hydrogens is 340 g/mol. The molecule has 3 rings (SSSR count). The van der Waals surface area contributed by atoms with E-state index < -0.39 is 0 Å². The number of hydrogen-bond donors (Lipinski definition) is 0. The number of likely N-dealkylation sites (tertiary alicyclic amines) is 1. The number of likely N-dealkylation sites (N-methyl/N-ethyl adjacent to an activating group) is 1. The zero-order valence-corrected chi connectivity index (χ0v) is 16.9. The largest absolute Gasteiger partial charge is 0.497 e. The van der Waals surface area contributed by atoms with Gasteiger partial charge in [0.1, 0.15) is 11.9 Å². The van der Waals surface area contributed by atoms with Crippen LogP contribution in [0.25, 0.3) is 0 Å². The van der Waals surface area contributed by atoms with Gasteiger partial charge < -0.3 is 19.3 Å². The van der Waals surface area contributed by atoms with E-state index in [2.05, 4.69) is 17.0 Å². The molecule has 0 radical (unpaired) electrons. The van der Waals surface area contributed by atoms with E-state index in [0.29, 0.717) is 5.92 Å². The maximum atomic E-state index is 12.5. The minimum absolute atomic E-state index is 0.177. The Balaban J connectivity index is 1.36. The van der Waals surface area contributed by atoms with E-state index in [9.17, 15) is 4.79 Å². The van der Waals surface area contributed by atoms with Crippen molar-refractivity contribution in [1.29, 1.82) is 0 Å². The highest BCUT2D eigenvalue weighted by molar-refractivity contribution is 5.80. The molecule has 0 N–H and O–H groups in total. The van der Waals surface area contributed by atoms with Crippen molar-refractivity contribution in [3.8, 4) is 5.75 Å². The number of piperidine rings is 1. The van der Waals surface area contributed by atoms with Crippen molar-refractivity contribution in [3.63, 3.8) is 0 Å². The number of ether oxygens (including phenoxy) is 2. The summed E-state index contributed by atoms with van der Waals surface area (Å²) < 4.78 is 10.9. The van der Waals surface area contributed by atoms with Crippen LogP contribution in [-0.2, 0) is 16.0 Å². The number of rotatable bonds is 7. The van der Waals surface area contributed by atoms with E-state index in [1.807, 2.05) is 24.1 Å². The van der Waals surface area contributed by atoms with Crippen LogP contribution in [0.2, 0.25) is 0 Å². The van der Waals surface area contributed by atoms with Gasteiger partial charge in [0.05, 0.1) is 7.11 Å². The van der Waals surface area contributed by atoms with Gasteiger partial charge in [0.2, 0.25) is 0 Å². The van der Waals surface area contributed by atoms with Gasteiger partial charge >= 0.3 is 0 Å². The second-order valence-electron chi connectivity index (χ2n) is 7.96. The number of carbonyl (C=O) groups is 1. The van der Waals surface area contributed by atoms with Gasteiger partial charge in [-0.1, -0.05) is 12.1 Å². The van der Waals surface area contributed by atoms with Crippen LogP contribution < -0.4 is 4.74 Å². The van der Waals surface area contributed by atoms with Crippen molar-refractivity contribution < 1.29 is 14.3 Å². The van der Waals surface area contributed by atoms with Crippen molar-refractivity contribution >= 4 is 5.91 Å². The molecule has 1 amide bonds. The van der Waals surface area contributed by atoms with Gasteiger partial charge in [0.15, 0.2) is 0 Å². The Hall–Kier alpha value is -1.59. The van der Waals surface area contributed by atoms with E-state index in [-0.39, 0.29) is 12.0 Å². The van der Waals surface area contributed by atoms with Crippen LogP contribution in [0.5, 0.6) is 5.75 Å². The standard InChI is InChI=1S/C22H34N2O3/c1-23(22(25)21-5-3-4-16-27-21)17-19-11-14-24(15-12-19)13-10-18-6-8-20(26-2)9-7-18/h6-9,19,21H,3-5,10-17H2,1-2H3/t21-/m0/s1. The topological polar surface area (TPSA) is 42.0 Å². The summed E-state index contributed by atoms with van der Waals surface area (Å²) in [4.78, 5) is 17.0. The molecule has 5 nitrogen and oxygen atoms in total. The summed E-state index contributed by atoms with van der Waals surface area (Å²) in [6, 6.07) is 8.37. The highest BCUT2D eigenvalue weighted by atomic mass is 16.5. The first-order valence-electron chi connectivity index (χ1n) is 10.4. The fourth-order valence-electron chi connectivity index (χ4n) is 4.13. The van der Waals surface area contributed by atoms with E-state index >= 15 is 0 Å². The van der Waals surface area contributed by atoms with Crippen LogP contribution in [0.3, 0.4) is 0 Å². The summed E-state index contributed by atoms with van der Waals surface area (Å²) in [5.74, 6) is 1.70. The summed E-state index contributed by atoms with van der Waals surface area (Å²) in [5, 5.41) is 0. The van der Waals surface area contributed by atoms with Crippen molar-refractivity contribution in [2.24, 2.45) is 5.92 Å². The normalized spacial score (nSPS) is 21.8. The lowest BCUT2D eigenvalue weighted by molar-refractivity contribution is -0.145. The molecule has 1 aromatic carbocycles. The smallest absolute Gasteiger partial charge is 0.251 e. The maximum absolute atomic E-state index is 12.5. The van der Waals surface area contributed by atoms with Crippen molar-refractivity contribution in [2.45, 2.75) is 44.6 Å². The molecule has 2 aliphatic heterocycles.